The molecule has 6 nitrogen and oxygen atoms in total. The Kier molecular flexibility index (Phi) is 4.52. The van der Waals surface area contributed by atoms with E-state index in [-0.39, 0.29) is 0 Å². The second-order valence-electron chi connectivity index (χ2n) is 5.42. The molecule has 0 radical (unpaired) electrons. The number of hydrogen-bond donors (Lipinski definition) is 1. The van der Waals surface area contributed by atoms with Crippen LogP contribution in [0.4, 0.5) is 0 Å². The van der Waals surface area contributed by atoms with Crippen LogP contribution in [0.2, 0.25) is 0 Å². The van der Waals surface area contributed by atoms with Crippen molar-refractivity contribution in [3.05, 3.63) is 66.1 Å². The van der Waals surface area contributed by atoms with Gasteiger partial charge in [-0.1, -0.05) is 36.4 Å². The van der Waals surface area contributed by atoms with Crippen molar-refractivity contribution in [3.63, 3.8) is 0 Å². The second-order valence-corrected chi connectivity index (χ2v) is 5.42. The Hall–Kier alpha value is -2.89. The van der Waals surface area contributed by atoms with Gasteiger partial charge in [0, 0.05) is 20.3 Å². The SMILES string of the molecule is CN(C)C(=NCc1ccccc1)NCc1nnc2ccccn12. The minimum atomic E-state index is 0.566. The van der Waals surface area contributed by atoms with E-state index < -0.39 is 0 Å². The molecule has 0 saturated heterocycles. The minimum Gasteiger partial charge on any atom is -0.349 e. The van der Waals surface area contributed by atoms with Gasteiger partial charge in [0.25, 0.3) is 0 Å². The summed E-state index contributed by atoms with van der Waals surface area (Å²) in [7, 11) is 3.94. The molecular formula is C17H20N6. The van der Waals surface area contributed by atoms with Gasteiger partial charge in [0.1, 0.15) is 0 Å². The van der Waals surface area contributed by atoms with Gasteiger partial charge in [0.15, 0.2) is 17.4 Å². The van der Waals surface area contributed by atoms with Crippen LogP contribution in [-0.2, 0) is 13.1 Å². The lowest BCUT2D eigenvalue weighted by molar-refractivity contribution is 0.574. The molecule has 0 saturated carbocycles. The van der Waals surface area contributed by atoms with E-state index in [0.717, 1.165) is 17.4 Å². The molecule has 0 bridgehead atoms. The lowest BCUT2D eigenvalue weighted by atomic mass is 10.2. The van der Waals surface area contributed by atoms with E-state index in [9.17, 15) is 0 Å². The first-order valence-corrected chi connectivity index (χ1v) is 7.52. The van der Waals surface area contributed by atoms with Gasteiger partial charge in [-0.2, -0.15) is 0 Å². The van der Waals surface area contributed by atoms with Gasteiger partial charge < -0.3 is 10.2 Å². The fourth-order valence-corrected chi connectivity index (χ4v) is 2.27. The van der Waals surface area contributed by atoms with Gasteiger partial charge in [-0.15, -0.1) is 10.2 Å². The third-order valence-electron chi connectivity index (χ3n) is 3.47. The molecule has 0 fully saturated rings. The van der Waals surface area contributed by atoms with Crippen molar-refractivity contribution < 1.29 is 0 Å². The zero-order valence-electron chi connectivity index (χ0n) is 13.3. The van der Waals surface area contributed by atoms with Crippen molar-refractivity contribution in [2.45, 2.75) is 13.1 Å². The molecule has 2 aromatic heterocycles. The number of rotatable bonds is 4. The number of aromatic nitrogens is 3. The zero-order valence-corrected chi connectivity index (χ0v) is 13.3. The molecule has 1 aromatic carbocycles. The molecule has 0 atom stereocenters. The van der Waals surface area contributed by atoms with E-state index in [0.29, 0.717) is 13.1 Å². The van der Waals surface area contributed by atoms with Crippen molar-refractivity contribution in [1.29, 1.82) is 0 Å². The Balaban J connectivity index is 1.70. The van der Waals surface area contributed by atoms with Crippen LogP contribution in [-0.4, -0.2) is 39.6 Å². The second kappa shape index (κ2) is 6.91. The molecule has 0 amide bonds. The molecule has 2 heterocycles. The third kappa shape index (κ3) is 3.66. The van der Waals surface area contributed by atoms with Crippen molar-refractivity contribution in [1.82, 2.24) is 24.8 Å². The van der Waals surface area contributed by atoms with Gasteiger partial charge in [-0.05, 0) is 17.7 Å². The molecule has 1 N–H and O–H groups in total. The molecule has 3 aromatic rings. The Labute approximate surface area is 135 Å². The molecule has 0 aliphatic carbocycles. The standard InChI is InChI=1S/C17H20N6/c1-22(2)17(18-12-14-8-4-3-5-9-14)19-13-16-21-20-15-10-6-7-11-23(15)16/h3-11H,12-13H2,1-2H3,(H,18,19). The Morgan fingerprint density at radius 3 is 2.65 bits per heavy atom. The number of aliphatic imine (C=N–C) groups is 1. The van der Waals surface area contributed by atoms with Crippen molar-refractivity contribution in [2.24, 2.45) is 4.99 Å². The molecular weight excluding hydrogens is 288 g/mol. The number of pyridine rings is 1. The molecule has 118 valence electrons. The maximum atomic E-state index is 4.65. The maximum absolute atomic E-state index is 4.65. The van der Waals surface area contributed by atoms with Gasteiger partial charge >= 0.3 is 0 Å². The van der Waals surface area contributed by atoms with E-state index in [2.05, 4.69) is 32.6 Å². The number of guanidine groups is 1. The highest BCUT2D eigenvalue weighted by molar-refractivity contribution is 5.79. The van der Waals surface area contributed by atoms with Crippen molar-refractivity contribution in [2.75, 3.05) is 14.1 Å². The quantitative estimate of drug-likeness (QED) is 0.591. The Morgan fingerprint density at radius 2 is 1.87 bits per heavy atom. The summed E-state index contributed by atoms with van der Waals surface area (Å²) >= 11 is 0. The van der Waals surface area contributed by atoms with Gasteiger partial charge in [0.2, 0.25) is 0 Å². The lowest BCUT2D eigenvalue weighted by Crippen LogP contribution is -2.36. The van der Waals surface area contributed by atoms with Gasteiger partial charge in [0.05, 0.1) is 13.1 Å². The van der Waals surface area contributed by atoms with E-state index in [4.69, 9.17) is 0 Å². The normalized spacial score (nSPS) is 11.7. The first-order chi connectivity index (χ1) is 11.2. The van der Waals surface area contributed by atoms with Crippen LogP contribution in [0.3, 0.4) is 0 Å². The molecule has 6 heteroatoms. The van der Waals surface area contributed by atoms with Crippen LogP contribution >= 0.6 is 0 Å². The van der Waals surface area contributed by atoms with E-state index >= 15 is 0 Å². The summed E-state index contributed by atoms with van der Waals surface area (Å²) in [6.07, 6.45) is 1.96. The average Bonchev–Trinajstić information content (AvgIpc) is 2.99. The fraction of sp³-hybridized carbons (Fsp3) is 0.235. The first-order valence-electron chi connectivity index (χ1n) is 7.52. The number of benzene rings is 1. The predicted molar refractivity (Wildman–Crippen MR) is 91.1 cm³/mol. The number of hydrogen-bond acceptors (Lipinski definition) is 3. The summed E-state index contributed by atoms with van der Waals surface area (Å²) in [4.78, 5) is 6.61. The summed E-state index contributed by atoms with van der Waals surface area (Å²) < 4.78 is 1.97. The van der Waals surface area contributed by atoms with Crippen molar-refractivity contribution >= 4 is 11.6 Å². The minimum absolute atomic E-state index is 0.566. The molecule has 3 rings (SSSR count). The van der Waals surface area contributed by atoms with Crippen molar-refractivity contribution in [3.8, 4) is 0 Å². The summed E-state index contributed by atoms with van der Waals surface area (Å²) in [6, 6.07) is 16.1. The monoisotopic (exact) mass is 308 g/mol. The van der Waals surface area contributed by atoms with Gasteiger partial charge in [-0.3, -0.25) is 4.40 Å². The van der Waals surface area contributed by atoms with Gasteiger partial charge in [-0.25, -0.2) is 4.99 Å². The summed E-state index contributed by atoms with van der Waals surface area (Å²) in [6.45, 7) is 1.21. The van der Waals surface area contributed by atoms with Crippen LogP contribution in [0.5, 0.6) is 0 Å². The topological polar surface area (TPSA) is 57.8 Å². The van der Waals surface area contributed by atoms with E-state index in [1.165, 1.54) is 5.56 Å². The predicted octanol–water partition coefficient (Wildman–Crippen LogP) is 1.94. The Morgan fingerprint density at radius 1 is 1.09 bits per heavy atom. The number of fused-ring (bicyclic) bond motifs is 1. The van der Waals surface area contributed by atoms with E-state index in [1.807, 2.05) is 66.0 Å². The summed E-state index contributed by atoms with van der Waals surface area (Å²) in [5.74, 6) is 1.68. The van der Waals surface area contributed by atoms with Crippen LogP contribution in [0.1, 0.15) is 11.4 Å². The highest BCUT2D eigenvalue weighted by Gasteiger charge is 2.07. The highest BCUT2D eigenvalue weighted by Crippen LogP contribution is 2.03. The molecule has 23 heavy (non-hydrogen) atoms. The molecule has 0 unspecified atom stereocenters. The largest absolute Gasteiger partial charge is 0.349 e. The van der Waals surface area contributed by atoms with Crippen LogP contribution in [0.25, 0.3) is 5.65 Å². The highest BCUT2D eigenvalue weighted by atomic mass is 15.3. The first kappa shape index (κ1) is 15.0. The van der Waals surface area contributed by atoms with E-state index in [1.54, 1.807) is 0 Å². The third-order valence-corrected chi connectivity index (χ3v) is 3.47. The fourth-order valence-electron chi connectivity index (χ4n) is 2.27. The van der Waals surface area contributed by atoms with Crippen LogP contribution < -0.4 is 5.32 Å². The molecule has 0 spiro atoms. The summed E-state index contributed by atoms with van der Waals surface area (Å²) in [5, 5.41) is 11.7. The maximum Gasteiger partial charge on any atom is 0.194 e. The summed E-state index contributed by atoms with van der Waals surface area (Å²) in [5.41, 5.74) is 2.03. The average molecular weight is 308 g/mol. The Bertz CT molecular complexity index is 791. The zero-order chi connectivity index (χ0) is 16.1. The van der Waals surface area contributed by atoms with Crippen LogP contribution in [0, 0.1) is 0 Å². The smallest absolute Gasteiger partial charge is 0.194 e. The number of nitrogens with zero attached hydrogens (tertiary/aromatic N) is 5. The molecule has 0 aliphatic rings. The van der Waals surface area contributed by atoms with Crippen LogP contribution in [0.15, 0.2) is 59.7 Å². The molecule has 0 aliphatic heterocycles. The number of nitrogens with one attached hydrogen (secondary N) is 1. The lowest BCUT2D eigenvalue weighted by Gasteiger charge is -2.17.